The minimum absolute atomic E-state index is 0.567. The third kappa shape index (κ3) is 5.98. The molecule has 2 N–H and O–H groups in total. The van der Waals surface area contributed by atoms with Crippen LogP contribution in [0.3, 0.4) is 0 Å². The van der Waals surface area contributed by atoms with Crippen LogP contribution < -0.4 is 15.6 Å². The Labute approximate surface area is 155 Å². The first-order valence-corrected chi connectivity index (χ1v) is 8.81. The Balaban J connectivity index is 2.07. The molecule has 0 radical (unpaired) electrons. The van der Waals surface area contributed by atoms with E-state index in [0.29, 0.717) is 12.4 Å². The van der Waals surface area contributed by atoms with Crippen molar-refractivity contribution in [1.29, 1.82) is 0 Å². The quantitative estimate of drug-likeness (QED) is 0.505. The Morgan fingerprint density at radius 2 is 1.96 bits per heavy atom. The van der Waals surface area contributed by atoms with Crippen LogP contribution in [0.2, 0.25) is 0 Å². The highest BCUT2D eigenvalue weighted by Gasteiger charge is 2.10. The standard InChI is InChI=1S/C20H27N5O/c1-5-14-23-25(4)24-16(3)20(21-6-2)17-10-12-18(13-11-17)26-19-9-7-8-15-22-19/h7-13,15,23-24H,3,5-6,14H2,1-2,4H3/b21-20+. The highest BCUT2D eigenvalue weighted by atomic mass is 16.5. The van der Waals surface area contributed by atoms with Crippen molar-refractivity contribution in [3.63, 3.8) is 0 Å². The molecule has 6 heteroatoms. The first-order chi connectivity index (χ1) is 12.6. The van der Waals surface area contributed by atoms with E-state index in [-0.39, 0.29) is 0 Å². The van der Waals surface area contributed by atoms with Crippen LogP contribution in [-0.2, 0) is 0 Å². The van der Waals surface area contributed by atoms with Gasteiger partial charge in [0.2, 0.25) is 5.88 Å². The molecule has 0 aliphatic carbocycles. The number of benzene rings is 1. The fraction of sp³-hybridized carbons (Fsp3) is 0.300. The van der Waals surface area contributed by atoms with Gasteiger partial charge in [-0.25, -0.2) is 10.4 Å². The zero-order valence-corrected chi connectivity index (χ0v) is 15.7. The maximum atomic E-state index is 5.74. The number of pyridine rings is 1. The molecule has 0 spiro atoms. The van der Waals surface area contributed by atoms with Crippen molar-refractivity contribution in [2.45, 2.75) is 20.3 Å². The second kappa shape index (κ2) is 10.3. The van der Waals surface area contributed by atoms with Crippen LogP contribution in [0.5, 0.6) is 11.6 Å². The Morgan fingerprint density at radius 3 is 2.58 bits per heavy atom. The first kappa shape index (κ1) is 19.6. The molecule has 0 saturated carbocycles. The molecule has 0 unspecified atom stereocenters. The number of allylic oxidation sites excluding steroid dienone is 1. The summed E-state index contributed by atoms with van der Waals surface area (Å²) in [5.74, 6) is 1.29. The summed E-state index contributed by atoms with van der Waals surface area (Å²) in [5.41, 5.74) is 8.96. The van der Waals surface area contributed by atoms with Crippen LogP contribution in [0.25, 0.3) is 0 Å². The van der Waals surface area contributed by atoms with Crippen molar-refractivity contribution in [2.24, 2.45) is 4.99 Å². The summed E-state index contributed by atoms with van der Waals surface area (Å²) in [6.45, 7) is 9.81. The molecule has 1 heterocycles. The maximum Gasteiger partial charge on any atom is 0.219 e. The van der Waals surface area contributed by atoms with Crippen LogP contribution in [0.4, 0.5) is 0 Å². The van der Waals surface area contributed by atoms with E-state index < -0.39 is 0 Å². The average Bonchev–Trinajstić information content (AvgIpc) is 2.66. The minimum atomic E-state index is 0.567. The van der Waals surface area contributed by atoms with Gasteiger partial charge in [-0.15, -0.1) is 0 Å². The smallest absolute Gasteiger partial charge is 0.219 e. The van der Waals surface area contributed by atoms with Gasteiger partial charge in [-0.3, -0.25) is 4.99 Å². The van der Waals surface area contributed by atoms with Gasteiger partial charge in [-0.2, -0.15) is 5.12 Å². The third-order valence-electron chi connectivity index (χ3n) is 3.49. The van der Waals surface area contributed by atoms with Crippen molar-refractivity contribution in [3.05, 3.63) is 66.5 Å². The van der Waals surface area contributed by atoms with Crippen molar-refractivity contribution in [3.8, 4) is 11.6 Å². The van der Waals surface area contributed by atoms with E-state index >= 15 is 0 Å². The number of nitrogens with zero attached hydrogens (tertiary/aromatic N) is 3. The third-order valence-corrected chi connectivity index (χ3v) is 3.49. The summed E-state index contributed by atoms with van der Waals surface area (Å²) in [7, 11) is 1.91. The lowest BCUT2D eigenvalue weighted by molar-refractivity contribution is 0.181. The number of hydrogen-bond donors (Lipinski definition) is 2. The van der Waals surface area contributed by atoms with Crippen molar-refractivity contribution in [1.82, 2.24) is 21.0 Å². The van der Waals surface area contributed by atoms with Crippen LogP contribution in [-0.4, -0.2) is 36.0 Å². The summed E-state index contributed by atoms with van der Waals surface area (Å²) >= 11 is 0. The van der Waals surface area contributed by atoms with E-state index in [1.54, 1.807) is 11.3 Å². The predicted octanol–water partition coefficient (Wildman–Crippen LogP) is 3.55. The van der Waals surface area contributed by atoms with Gasteiger partial charge in [0.25, 0.3) is 0 Å². The highest BCUT2D eigenvalue weighted by Crippen LogP contribution is 2.20. The Kier molecular flexibility index (Phi) is 7.79. The molecule has 0 bridgehead atoms. The molecule has 6 nitrogen and oxygen atoms in total. The molecule has 0 atom stereocenters. The Hall–Kier alpha value is -2.70. The van der Waals surface area contributed by atoms with Crippen molar-refractivity contribution >= 4 is 5.71 Å². The lowest BCUT2D eigenvalue weighted by atomic mass is 10.1. The number of rotatable bonds is 10. The van der Waals surface area contributed by atoms with E-state index in [1.165, 1.54) is 0 Å². The normalized spacial score (nSPS) is 11.5. The van der Waals surface area contributed by atoms with Crippen molar-refractivity contribution < 1.29 is 4.74 Å². The monoisotopic (exact) mass is 353 g/mol. The number of aliphatic imine (C=N–C) groups is 1. The Bertz CT molecular complexity index is 713. The molecule has 0 fully saturated rings. The average molecular weight is 353 g/mol. The number of ether oxygens (including phenoxy) is 1. The summed E-state index contributed by atoms with van der Waals surface area (Å²) in [6.07, 6.45) is 2.75. The van der Waals surface area contributed by atoms with Crippen molar-refractivity contribution in [2.75, 3.05) is 20.1 Å². The van der Waals surface area contributed by atoms with Gasteiger partial charge in [0.05, 0.1) is 11.4 Å². The van der Waals surface area contributed by atoms with Crippen LogP contribution in [0.15, 0.2) is 65.9 Å². The van der Waals surface area contributed by atoms with E-state index in [2.05, 4.69) is 34.3 Å². The van der Waals surface area contributed by atoms with Gasteiger partial charge >= 0.3 is 0 Å². The summed E-state index contributed by atoms with van der Waals surface area (Å²) in [5, 5.41) is 1.80. The minimum Gasteiger partial charge on any atom is -0.439 e. The molecule has 138 valence electrons. The molecule has 0 aliphatic heterocycles. The van der Waals surface area contributed by atoms with Gasteiger partial charge < -0.3 is 10.2 Å². The topological polar surface area (TPSA) is 61.8 Å². The first-order valence-electron chi connectivity index (χ1n) is 8.81. The van der Waals surface area contributed by atoms with Crippen LogP contribution in [0, 0.1) is 0 Å². The van der Waals surface area contributed by atoms with Gasteiger partial charge in [0.1, 0.15) is 5.75 Å². The SMILES string of the molecule is C=C(NN(C)NCCC)/C(=N\CC)c1ccc(Oc2ccccn2)cc1. The number of aromatic nitrogens is 1. The Morgan fingerprint density at radius 1 is 1.19 bits per heavy atom. The molecule has 0 aliphatic rings. The zero-order chi connectivity index (χ0) is 18.8. The lowest BCUT2D eigenvalue weighted by Crippen LogP contribution is -2.46. The zero-order valence-electron chi connectivity index (χ0n) is 15.7. The van der Waals surface area contributed by atoms with E-state index in [4.69, 9.17) is 4.74 Å². The second-order valence-electron chi connectivity index (χ2n) is 5.67. The largest absolute Gasteiger partial charge is 0.439 e. The predicted molar refractivity (Wildman–Crippen MR) is 106 cm³/mol. The van der Waals surface area contributed by atoms with E-state index in [1.807, 2.05) is 56.4 Å². The highest BCUT2D eigenvalue weighted by molar-refractivity contribution is 6.11. The molecule has 1 aromatic carbocycles. The molecule has 0 amide bonds. The second-order valence-corrected chi connectivity index (χ2v) is 5.67. The summed E-state index contributed by atoms with van der Waals surface area (Å²) in [6, 6.07) is 13.3. The molecule has 26 heavy (non-hydrogen) atoms. The molecular formula is C20H27N5O. The van der Waals surface area contributed by atoms with Gasteiger partial charge in [-0.05, 0) is 43.7 Å². The van der Waals surface area contributed by atoms with Gasteiger partial charge in [-0.1, -0.05) is 19.6 Å². The van der Waals surface area contributed by atoms with Gasteiger partial charge in [0, 0.05) is 38.0 Å². The fourth-order valence-electron chi connectivity index (χ4n) is 2.30. The lowest BCUT2D eigenvalue weighted by Gasteiger charge is -2.22. The summed E-state index contributed by atoms with van der Waals surface area (Å²) < 4.78 is 5.74. The van der Waals surface area contributed by atoms with E-state index in [0.717, 1.165) is 35.7 Å². The number of nitrogens with one attached hydrogen (secondary N) is 2. The summed E-state index contributed by atoms with van der Waals surface area (Å²) in [4.78, 5) is 8.75. The molecule has 2 rings (SSSR count). The van der Waals surface area contributed by atoms with Crippen LogP contribution in [0.1, 0.15) is 25.8 Å². The molecule has 0 saturated heterocycles. The number of hydrogen-bond acceptors (Lipinski definition) is 6. The molecule has 1 aromatic heterocycles. The maximum absolute atomic E-state index is 5.74. The number of hydrazine groups is 2. The molecular weight excluding hydrogens is 326 g/mol. The molecule has 2 aromatic rings. The van der Waals surface area contributed by atoms with E-state index in [9.17, 15) is 0 Å². The fourth-order valence-corrected chi connectivity index (χ4v) is 2.30. The van der Waals surface area contributed by atoms with Gasteiger partial charge in [0.15, 0.2) is 0 Å². The van der Waals surface area contributed by atoms with Crippen LogP contribution >= 0.6 is 0 Å².